The van der Waals surface area contributed by atoms with Crippen molar-refractivity contribution < 1.29 is 9.21 Å². The van der Waals surface area contributed by atoms with Crippen molar-refractivity contribution in [3.05, 3.63) is 59.8 Å². The highest BCUT2D eigenvalue weighted by Crippen LogP contribution is 2.35. The maximum absolute atomic E-state index is 13.0. The van der Waals surface area contributed by atoms with E-state index in [0.29, 0.717) is 36.7 Å². The molecule has 0 bridgehead atoms. The number of ketones is 1. The average molecular weight is 419 g/mol. The second kappa shape index (κ2) is 8.37. The predicted octanol–water partition coefficient (Wildman–Crippen LogP) is 3.14. The molecular formula is C23H26N6O2. The zero-order valence-electron chi connectivity index (χ0n) is 17.6. The minimum Gasteiger partial charge on any atom is -0.469 e. The number of piperazine rings is 1. The van der Waals surface area contributed by atoms with Crippen LogP contribution in [0.2, 0.25) is 0 Å². The van der Waals surface area contributed by atoms with Gasteiger partial charge in [-0.05, 0) is 31.2 Å². The molecule has 0 amide bonds. The number of hydrogen-bond acceptors (Lipinski definition) is 8. The molecule has 31 heavy (non-hydrogen) atoms. The van der Waals surface area contributed by atoms with Crippen LogP contribution in [0.4, 0.5) is 17.6 Å². The lowest BCUT2D eigenvalue weighted by Gasteiger charge is -2.36. The number of nitrogens with zero attached hydrogens (tertiary/aromatic N) is 5. The predicted molar refractivity (Wildman–Crippen MR) is 119 cm³/mol. The summed E-state index contributed by atoms with van der Waals surface area (Å²) in [6.45, 7) is 6.01. The summed E-state index contributed by atoms with van der Waals surface area (Å²) in [6.07, 6.45) is 4.58. The van der Waals surface area contributed by atoms with Crippen molar-refractivity contribution in [1.82, 2.24) is 15.0 Å². The maximum Gasteiger partial charge on any atom is 0.227 e. The van der Waals surface area contributed by atoms with Crippen molar-refractivity contribution in [3.63, 3.8) is 0 Å². The number of carbonyl (C=O) groups excluding carboxylic acids is 1. The van der Waals surface area contributed by atoms with E-state index in [1.54, 1.807) is 6.26 Å². The number of anilines is 3. The highest BCUT2D eigenvalue weighted by Gasteiger charge is 2.33. The number of pyridine rings is 1. The van der Waals surface area contributed by atoms with Gasteiger partial charge in [-0.15, -0.1) is 0 Å². The quantitative estimate of drug-likeness (QED) is 0.676. The molecular weight excluding hydrogens is 392 g/mol. The third kappa shape index (κ3) is 3.85. The number of rotatable bonds is 5. The molecule has 0 saturated carbocycles. The third-order valence-electron chi connectivity index (χ3n) is 5.95. The lowest BCUT2D eigenvalue weighted by Crippen LogP contribution is -2.47. The second-order valence-electron chi connectivity index (χ2n) is 7.93. The van der Waals surface area contributed by atoms with E-state index in [0.717, 1.165) is 43.5 Å². The van der Waals surface area contributed by atoms with Gasteiger partial charge in [0.25, 0.3) is 0 Å². The first kappa shape index (κ1) is 19.5. The first-order valence-electron chi connectivity index (χ1n) is 10.8. The molecule has 160 valence electrons. The number of furan rings is 1. The van der Waals surface area contributed by atoms with Gasteiger partial charge in [-0.3, -0.25) is 4.79 Å². The Morgan fingerprint density at radius 3 is 2.61 bits per heavy atom. The number of nitrogens with one attached hydrogen (secondary N) is 1. The monoisotopic (exact) mass is 418 g/mol. The van der Waals surface area contributed by atoms with E-state index < -0.39 is 0 Å². The van der Waals surface area contributed by atoms with E-state index >= 15 is 0 Å². The summed E-state index contributed by atoms with van der Waals surface area (Å²) in [4.78, 5) is 31.5. The van der Waals surface area contributed by atoms with E-state index in [4.69, 9.17) is 14.4 Å². The Morgan fingerprint density at radius 1 is 1.06 bits per heavy atom. The van der Waals surface area contributed by atoms with E-state index in [1.807, 2.05) is 43.5 Å². The molecule has 1 N–H and O–H groups in total. The van der Waals surface area contributed by atoms with Crippen molar-refractivity contribution in [2.75, 3.05) is 47.8 Å². The minimum atomic E-state index is 0.0215. The second-order valence-corrected chi connectivity index (χ2v) is 7.93. The molecule has 1 saturated heterocycles. The van der Waals surface area contributed by atoms with E-state index in [9.17, 15) is 4.79 Å². The molecule has 0 spiro atoms. The molecule has 0 aromatic carbocycles. The Hall–Kier alpha value is -3.42. The standard InChI is InChI=1S/C23H26N6O2/c1-2-24-22-21-17(14-16(15-18(21)30)19-6-5-13-31-19)26-23(27-22)29-11-9-28(10-12-29)20-7-3-4-8-25-20/h3-8,13,16H,2,9-12,14-15H2,1H3,(H,24,26,27)/t16-/m1/s1. The summed E-state index contributed by atoms with van der Waals surface area (Å²) in [7, 11) is 0. The Morgan fingerprint density at radius 2 is 1.90 bits per heavy atom. The van der Waals surface area contributed by atoms with Crippen molar-refractivity contribution in [3.8, 4) is 0 Å². The average Bonchev–Trinajstić information content (AvgIpc) is 3.35. The molecule has 8 heteroatoms. The van der Waals surface area contributed by atoms with Gasteiger partial charge in [0.05, 0.1) is 17.5 Å². The Kier molecular flexibility index (Phi) is 5.28. The highest BCUT2D eigenvalue weighted by atomic mass is 16.3. The first-order chi connectivity index (χ1) is 15.2. The van der Waals surface area contributed by atoms with Gasteiger partial charge in [-0.2, -0.15) is 4.98 Å². The number of carbonyl (C=O) groups is 1. The fraction of sp³-hybridized carbons (Fsp3) is 0.391. The summed E-state index contributed by atoms with van der Waals surface area (Å²) < 4.78 is 5.58. The van der Waals surface area contributed by atoms with Crippen LogP contribution in [0.5, 0.6) is 0 Å². The van der Waals surface area contributed by atoms with Gasteiger partial charge >= 0.3 is 0 Å². The van der Waals surface area contributed by atoms with Crippen LogP contribution in [0.3, 0.4) is 0 Å². The van der Waals surface area contributed by atoms with Crippen molar-refractivity contribution in [2.45, 2.75) is 25.7 Å². The van der Waals surface area contributed by atoms with Crippen LogP contribution in [0.15, 0.2) is 47.2 Å². The molecule has 4 heterocycles. The van der Waals surface area contributed by atoms with Crippen LogP contribution >= 0.6 is 0 Å². The normalized spacial score (nSPS) is 18.7. The van der Waals surface area contributed by atoms with Crippen molar-refractivity contribution in [2.24, 2.45) is 0 Å². The summed E-state index contributed by atoms with van der Waals surface area (Å²) in [5, 5.41) is 3.29. The molecule has 5 rings (SSSR count). The molecule has 3 aromatic heterocycles. The number of hydrogen-bond donors (Lipinski definition) is 1. The van der Waals surface area contributed by atoms with Gasteiger partial charge in [-0.1, -0.05) is 6.07 Å². The van der Waals surface area contributed by atoms with Crippen molar-refractivity contribution >= 4 is 23.4 Å². The summed E-state index contributed by atoms with van der Waals surface area (Å²) >= 11 is 0. The lowest BCUT2D eigenvalue weighted by atomic mass is 9.84. The molecule has 8 nitrogen and oxygen atoms in total. The lowest BCUT2D eigenvalue weighted by molar-refractivity contribution is 0.0959. The Bertz CT molecular complexity index is 1050. The fourth-order valence-electron chi connectivity index (χ4n) is 4.40. The SMILES string of the molecule is CCNc1nc(N2CCN(c3ccccn3)CC2)nc2c1C(=O)C[C@H](c1ccco1)C2. The highest BCUT2D eigenvalue weighted by molar-refractivity contribution is 6.03. The molecule has 1 aliphatic carbocycles. The largest absolute Gasteiger partial charge is 0.469 e. The molecule has 1 aliphatic heterocycles. The molecule has 1 fully saturated rings. The van der Waals surface area contributed by atoms with E-state index in [-0.39, 0.29) is 11.7 Å². The Labute approximate surface area is 181 Å². The van der Waals surface area contributed by atoms with Gasteiger partial charge in [0.1, 0.15) is 17.4 Å². The van der Waals surface area contributed by atoms with Crippen molar-refractivity contribution in [1.29, 1.82) is 0 Å². The summed E-state index contributed by atoms with van der Waals surface area (Å²) in [6, 6.07) is 9.78. The smallest absolute Gasteiger partial charge is 0.227 e. The van der Waals surface area contributed by atoms with Crippen LogP contribution in [0, 0.1) is 0 Å². The Balaban J connectivity index is 1.41. The first-order valence-corrected chi connectivity index (χ1v) is 10.8. The van der Waals surface area contributed by atoms with E-state index in [1.165, 1.54) is 0 Å². The minimum absolute atomic E-state index is 0.0215. The summed E-state index contributed by atoms with van der Waals surface area (Å²) in [5.74, 6) is 3.26. The molecule has 3 aromatic rings. The fourth-order valence-corrected chi connectivity index (χ4v) is 4.40. The molecule has 0 unspecified atom stereocenters. The van der Waals surface area contributed by atoms with Gasteiger partial charge in [0.2, 0.25) is 5.95 Å². The number of Topliss-reactive ketones (excluding diaryl/α,β-unsaturated/α-hetero) is 1. The topological polar surface area (TPSA) is 87.4 Å². The molecule has 2 aliphatic rings. The summed E-state index contributed by atoms with van der Waals surface area (Å²) in [5.41, 5.74) is 1.45. The maximum atomic E-state index is 13.0. The van der Waals surface area contributed by atoms with Crippen LogP contribution in [0.25, 0.3) is 0 Å². The van der Waals surface area contributed by atoms with E-state index in [2.05, 4.69) is 20.1 Å². The molecule has 1 atom stereocenters. The van der Waals surface area contributed by atoms with Crippen LogP contribution in [-0.2, 0) is 6.42 Å². The van der Waals surface area contributed by atoms with Gasteiger partial charge in [0, 0.05) is 57.7 Å². The van der Waals surface area contributed by atoms with Crippen LogP contribution in [-0.4, -0.2) is 53.5 Å². The van der Waals surface area contributed by atoms with Gasteiger partial charge in [-0.25, -0.2) is 9.97 Å². The zero-order valence-corrected chi connectivity index (χ0v) is 17.6. The zero-order chi connectivity index (χ0) is 21.2. The third-order valence-corrected chi connectivity index (χ3v) is 5.95. The number of aromatic nitrogens is 3. The van der Waals surface area contributed by atoms with Crippen LogP contribution in [0.1, 0.15) is 41.1 Å². The van der Waals surface area contributed by atoms with Gasteiger partial charge in [0.15, 0.2) is 5.78 Å². The van der Waals surface area contributed by atoms with Crippen LogP contribution < -0.4 is 15.1 Å². The van der Waals surface area contributed by atoms with Gasteiger partial charge < -0.3 is 19.5 Å². The number of fused-ring (bicyclic) bond motifs is 1. The molecule has 0 radical (unpaired) electrons.